The normalized spacial score (nSPS) is 12.7. The molecule has 0 fully saturated rings. The van der Waals surface area contributed by atoms with E-state index in [0.29, 0.717) is 36.4 Å². The summed E-state index contributed by atoms with van der Waals surface area (Å²) in [7, 11) is 0. The Kier molecular flexibility index (Phi) is 19.1. The lowest BCUT2D eigenvalue weighted by Crippen LogP contribution is -2.48. The highest BCUT2D eigenvalue weighted by atomic mass is 16.7. The fraction of sp³-hybridized carbons (Fsp3) is 0.463. The summed E-state index contributed by atoms with van der Waals surface area (Å²) in [4.78, 5) is 112. The van der Waals surface area contributed by atoms with Crippen molar-refractivity contribution < 1.29 is 73.4 Å². The molecular formula is C41H52N8O16. The van der Waals surface area contributed by atoms with Gasteiger partial charge in [-0.1, -0.05) is 6.07 Å². The van der Waals surface area contributed by atoms with Crippen molar-refractivity contribution in [1.29, 1.82) is 0 Å². The van der Waals surface area contributed by atoms with Crippen LogP contribution in [0.3, 0.4) is 0 Å². The Balaban J connectivity index is 1.16. The number of carboxylic acid groups (broad SMARTS) is 4. The first kappa shape index (κ1) is 50.5. The van der Waals surface area contributed by atoms with Crippen LogP contribution in [0.1, 0.15) is 76.7 Å². The van der Waals surface area contributed by atoms with Crippen LogP contribution in [0, 0.1) is 0 Å². The second kappa shape index (κ2) is 24.6. The third-order valence-corrected chi connectivity index (χ3v) is 10.1. The molecule has 9 N–H and O–H groups in total. The van der Waals surface area contributed by atoms with E-state index < -0.39 is 91.4 Å². The summed E-state index contributed by atoms with van der Waals surface area (Å²) in [5.74, 6) is -7.04. The monoisotopic (exact) mass is 912 g/mol. The predicted octanol–water partition coefficient (Wildman–Crippen LogP) is -0.879. The number of aliphatic carboxylic acids is 4. The van der Waals surface area contributed by atoms with Gasteiger partial charge in [-0.2, -0.15) is 5.10 Å². The van der Waals surface area contributed by atoms with Crippen molar-refractivity contribution in [3.63, 3.8) is 0 Å². The molecule has 1 aromatic heterocycles. The number of unbranched alkanes of at least 4 members (excludes halogenated alkanes) is 2. The predicted molar refractivity (Wildman–Crippen MR) is 225 cm³/mol. The second-order valence-electron chi connectivity index (χ2n) is 14.7. The van der Waals surface area contributed by atoms with Crippen LogP contribution in [0.4, 0.5) is 0 Å². The summed E-state index contributed by atoms with van der Waals surface area (Å²) < 4.78 is 12.2. The highest BCUT2D eigenvalue weighted by Gasteiger charge is 2.29. The van der Waals surface area contributed by atoms with Crippen molar-refractivity contribution in [2.45, 2.75) is 64.1 Å². The largest absolute Gasteiger partial charge is 0.480 e. The zero-order chi connectivity index (χ0) is 47.6. The topological polar surface area (TPSA) is 346 Å². The molecule has 0 radical (unpaired) electrons. The minimum atomic E-state index is -1.38. The molecule has 65 heavy (non-hydrogen) atoms. The van der Waals surface area contributed by atoms with Crippen LogP contribution in [0.5, 0.6) is 11.5 Å². The maximum absolute atomic E-state index is 13.2. The van der Waals surface area contributed by atoms with Crippen LogP contribution in [0.2, 0.25) is 0 Å². The van der Waals surface area contributed by atoms with Gasteiger partial charge >= 0.3 is 23.9 Å². The van der Waals surface area contributed by atoms with Gasteiger partial charge in [0.15, 0.2) is 17.2 Å². The van der Waals surface area contributed by atoms with Gasteiger partial charge in [-0.05, 0) is 69.7 Å². The molecule has 0 saturated carbocycles. The molecule has 352 valence electrons. The van der Waals surface area contributed by atoms with Gasteiger partial charge < -0.3 is 56.3 Å². The minimum Gasteiger partial charge on any atom is -0.480 e. The van der Waals surface area contributed by atoms with Crippen LogP contribution < -0.4 is 36.2 Å². The summed E-state index contributed by atoms with van der Waals surface area (Å²) in [6, 6.07) is 6.32. The van der Waals surface area contributed by atoms with Gasteiger partial charge in [-0.25, -0.2) is 0 Å². The number of carboxylic acids is 4. The van der Waals surface area contributed by atoms with Gasteiger partial charge in [0.1, 0.15) is 12.1 Å². The van der Waals surface area contributed by atoms with Crippen LogP contribution in [0.25, 0.3) is 10.9 Å². The smallest absolute Gasteiger partial charge is 0.321 e. The number of amides is 4. The summed E-state index contributed by atoms with van der Waals surface area (Å²) in [5, 5.41) is 62.2. The molecule has 0 saturated heterocycles. The van der Waals surface area contributed by atoms with Crippen molar-refractivity contribution in [3.05, 3.63) is 63.4 Å². The van der Waals surface area contributed by atoms with Gasteiger partial charge in [-0.15, -0.1) is 0 Å². The Labute approximate surface area is 370 Å². The summed E-state index contributed by atoms with van der Waals surface area (Å²) in [6.45, 7) is -0.605. The summed E-state index contributed by atoms with van der Waals surface area (Å²) >= 11 is 0. The third-order valence-electron chi connectivity index (χ3n) is 10.1. The van der Waals surface area contributed by atoms with Crippen LogP contribution in [-0.4, -0.2) is 164 Å². The van der Waals surface area contributed by atoms with E-state index in [4.69, 9.17) is 19.7 Å². The molecule has 24 heteroatoms. The van der Waals surface area contributed by atoms with Crippen molar-refractivity contribution in [2.75, 3.05) is 59.3 Å². The number of hydrogen-bond acceptors (Lipinski definition) is 15. The lowest BCUT2D eigenvalue weighted by Gasteiger charge is -2.26. The summed E-state index contributed by atoms with van der Waals surface area (Å²) in [6.07, 6.45) is 1.08. The molecule has 4 amide bonds. The van der Waals surface area contributed by atoms with E-state index in [0.717, 1.165) is 9.80 Å². The molecule has 0 spiro atoms. The van der Waals surface area contributed by atoms with E-state index in [1.54, 1.807) is 13.0 Å². The van der Waals surface area contributed by atoms with Gasteiger partial charge in [0.05, 0.1) is 37.3 Å². The number of benzene rings is 2. The van der Waals surface area contributed by atoms with Gasteiger partial charge in [0, 0.05) is 49.9 Å². The number of nitrogens with one attached hydrogen (secondary N) is 4. The number of rotatable bonds is 28. The maximum atomic E-state index is 13.2. The molecule has 0 unspecified atom stereocenters. The maximum Gasteiger partial charge on any atom is 0.321 e. The standard InChI is InChI=1S/C41H52N8O16/c1-2-49-29-18-31-30(64-23-65-31)17-26(29)36(56)35(46-49)39(59)45-15-14-42-32(51)19-48(22-50)28(41(62)63)11-4-6-13-44-38(58)25-9-7-8-24(16-25)37(57)43-12-5-3-10-27(40(60)61)47(20-33(52)53)21-34(54)55/h7-9,16-18,27-28,50H,2-6,10-15,19-23H2,1H3,(H,42,51)(H,43,57)(H,44,58)(H,45,59)(H,52,53)(H,54,55)(H,60,61)(H,62,63)/t27-,28-/m0/s1. The van der Waals surface area contributed by atoms with Gasteiger partial charge in [-0.3, -0.25) is 57.6 Å². The number of fused-ring (bicyclic) bond motifs is 2. The van der Waals surface area contributed by atoms with Gasteiger partial charge in [0.25, 0.3) is 17.7 Å². The Bertz CT molecular complexity index is 2290. The Morgan fingerprint density at radius 3 is 1.74 bits per heavy atom. The number of aryl methyl sites for hydroxylation is 1. The lowest BCUT2D eigenvalue weighted by atomic mass is 10.1. The molecule has 2 heterocycles. The van der Waals surface area contributed by atoms with Crippen molar-refractivity contribution in [3.8, 4) is 11.5 Å². The lowest BCUT2D eigenvalue weighted by molar-refractivity contribution is -0.150. The van der Waals surface area contributed by atoms with Crippen molar-refractivity contribution in [2.24, 2.45) is 0 Å². The quantitative estimate of drug-likeness (QED) is 0.0315. The van der Waals surface area contributed by atoms with Crippen LogP contribution >= 0.6 is 0 Å². The third kappa shape index (κ3) is 14.7. The highest BCUT2D eigenvalue weighted by Crippen LogP contribution is 2.35. The number of aliphatic hydroxyl groups excluding tert-OH is 1. The number of carbonyl (C=O) groups excluding carboxylic acids is 4. The molecule has 2 aromatic carbocycles. The molecular weight excluding hydrogens is 860 g/mol. The van der Waals surface area contributed by atoms with Crippen LogP contribution in [0.15, 0.2) is 41.2 Å². The average Bonchev–Trinajstić information content (AvgIpc) is 3.73. The first-order valence-electron chi connectivity index (χ1n) is 20.6. The molecule has 1 aliphatic rings. The molecule has 3 aromatic rings. The number of carbonyl (C=O) groups is 8. The van der Waals surface area contributed by atoms with Crippen molar-refractivity contribution >= 4 is 58.4 Å². The fourth-order valence-corrected chi connectivity index (χ4v) is 6.91. The van der Waals surface area contributed by atoms with E-state index in [1.807, 2.05) is 0 Å². The zero-order valence-corrected chi connectivity index (χ0v) is 35.4. The second-order valence-corrected chi connectivity index (χ2v) is 14.7. The number of ether oxygens (including phenoxy) is 2. The van der Waals surface area contributed by atoms with E-state index in [1.165, 1.54) is 35.0 Å². The van der Waals surface area contributed by atoms with E-state index in [-0.39, 0.29) is 80.9 Å². The molecule has 0 aliphatic carbocycles. The Morgan fingerprint density at radius 2 is 1.22 bits per heavy atom. The Morgan fingerprint density at radius 1 is 0.692 bits per heavy atom. The average molecular weight is 913 g/mol. The van der Waals surface area contributed by atoms with Crippen LogP contribution in [-0.2, 0) is 30.5 Å². The molecule has 0 bridgehead atoms. The first-order valence-corrected chi connectivity index (χ1v) is 20.6. The van der Waals surface area contributed by atoms with E-state index in [2.05, 4.69) is 26.4 Å². The number of hydrogen-bond donors (Lipinski definition) is 9. The number of nitrogens with zero attached hydrogens (tertiary/aromatic N) is 4. The number of aliphatic hydroxyl groups is 1. The molecule has 1 aliphatic heterocycles. The first-order chi connectivity index (χ1) is 31.0. The van der Waals surface area contributed by atoms with Crippen molar-refractivity contribution in [1.82, 2.24) is 40.8 Å². The molecule has 4 rings (SSSR count). The highest BCUT2D eigenvalue weighted by molar-refractivity contribution is 5.99. The van der Waals surface area contributed by atoms with Gasteiger partial charge in [0.2, 0.25) is 18.1 Å². The molecule has 24 nitrogen and oxygen atoms in total. The number of aromatic nitrogens is 2. The SMILES string of the molecule is CCn1nc(C(=O)NCCNC(=O)CN(CO)[C@@H](CCCCNC(=O)c2cccc(C(=O)NCCCC[C@@H](C(=O)O)N(CC(=O)O)CC(=O)O)c2)C(=O)O)c(=O)c2cc3c(cc21)OCO3. The minimum absolute atomic E-state index is 0.00372. The Hall–Kier alpha value is -7.18. The molecule has 2 atom stereocenters. The zero-order valence-electron chi connectivity index (χ0n) is 35.4. The fourth-order valence-electron chi connectivity index (χ4n) is 6.91. The van der Waals surface area contributed by atoms with E-state index >= 15 is 0 Å². The van der Waals surface area contributed by atoms with E-state index in [9.17, 15) is 58.5 Å². The summed E-state index contributed by atoms with van der Waals surface area (Å²) in [5.41, 5.74) is -0.192.